The lowest BCUT2D eigenvalue weighted by atomic mass is 10.1. The van der Waals surface area contributed by atoms with Gasteiger partial charge in [0.2, 0.25) is 6.29 Å². The van der Waals surface area contributed by atoms with Crippen LogP contribution in [0.1, 0.15) is 43.4 Å². The maximum absolute atomic E-state index is 12.7. The van der Waals surface area contributed by atoms with Crippen molar-refractivity contribution in [2.75, 3.05) is 0 Å². The van der Waals surface area contributed by atoms with Crippen LogP contribution < -0.4 is 0 Å². The van der Waals surface area contributed by atoms with E-state index in [4.69, 9.17) is 30.2 Å². The van der Waals surface area contributed by atoms with E-state index in [9.17, 15) is 14.4 Å². The van der Waals surface area contributed by atoms with E-state index in [2.05, 4.69) is 4.98 Å². The molecule has 0 spiro atoms. The monoisotopic (exact) mass is 409 g/mol. The van der Waals surface area contributed by atoms with Gasteiger partial charge < -0.3 is 18.6 Å². The number of esters is 1. The Bertz CT molecular complexity index is 936. The molecule has 0 N–H and O–H groups in total. The van der Waals surface area contributed by atoms with Crippen molar-refractivity contribution in [2.45, 2.75) is 46.5 Å². The summed E-state index contributed by atoms with van der Waals surface area (Å²) in [6.45, 7) is 6.42. The fraction of sp³-hybridized carbons (Fsp3) is 0.474. The van der Waals surface area contributed by atoms with E-state index in [-0.39, 0.29) is 11.9 Å². The number of nitrogens with zero attached hydrogens (tertiary/aromatic N) is 1. The fourth-order valence-corrected chi connectivity index (χ4v) is 3.08. The van der Waals surface area contributed by atoms with Gasteiger partial charge in [0.05, 0.1) is 17.0 Å². The first kappa shape index (κ1) is 20.1. The molecule has 1 fully saturated rings. The molecule has 1 heterocycles. The number of benzene rings is 1. The molecule has 8 nitrogen and oxygen atoms in total. The first-order chi connectivity index (χ1) is 13.2. The van der Waals surface area contributed by atoms with Gasteiger partial charge in [0, 0.05) is 25.3 Å². The molecule has 1 aromatic heterocycles. The zero-order valence-corrected chi connectivity index (χ0v) is 16.6. The van der Waals surface area contributed by atoms with E-state index < -0.39 is 30.3 Å². The lowest BCUT2D eigenvalue weighted by molar-refractivity contribution is -0.170. The number of hydrogen-bond donors (Lipinski definition) is 0. The fourth-order valence-electron chi connectivity index (χ4n) is 2.83. The summed E-state index contributed by atoms with van der Waals surface area (Å²) >= 11 is 6.17. The highest BCUT2D eigenvalue weighted by Crippen LogP contribution is 2.43. The molecule has 1 saturated carbocycles. The lowest BCUT2D eigenvalue weighted by Gasteiger charge is -2.15. The van der Waals surface area contributed by atoms with Gasteiger partial charge in [0.15, 0.2) is 17.3 Å². The van der Waals surface area contributed by atoms with Gasteiger partial charge in [-0.3, -0.25) is 9.59 Å². The summed E-state index contributed by atoms with van der Waals surface area (Å²) in [4.78, 5) is 40.4. The van der Waals surface area contributed by atoms with Crippen molar-refractivity contribution in [1.82, 2.24) is 4.98 Å². The number of carbonyl (C=O) groups excluding carboxylic acids is 3. The third-order valence-electron chi connectivity index (χ3n) is 4.15. The van der Waals surface area contributed by atoms with E-state index >= 15 is 0 Å². The van der Waals surface area contributed by atoms with Gasteiger partial charge in [-0.2, -0.15) is 0 Å². The summed E-state index contributed by atoms with van der Waals surface area (Å²) in [7, 11) is 0. The third kappa shape index (κ3) is 4.44. The molecule has 1 aromatic carbocycles. The van der Waals surface area contributed by atoms with Crippen LogP contribution in [0.4, 0.5) is 4.79 Å². The summed E-state index contributed by atoms with van der Waals surface area (Å²) in [5, 5.41) is 0.308. The van der Waals surface area contributed by atoms with E-state index in [1.807, 2.05) is 0 Å². The van der Waals surface area contributed by atoms with Crippen LogP contribution in [0.15, 0.2) is 16.5 Å². The highest BCUT2D eigenvalue weighted by atomic mass is 35.5. The lowest BCUT2D eigenvalue weighted by Crippen LogP contribution is -2.25. The first-order valence-corrected chi connectivity index (χ1v) is 9.22. The number of aryl methyl sites for hydroxylation is 1. The largest absolute Gasteiger partial charge is 0.511 e. The second-order valence-corrected chi connectivity index (χ2v) is 7.30. The quantitative estimate of drug-likeness (QED) is 0.399. The third-order valence-corrected chi connectivity index (χ3v) is 4.43. The van der Waals surface area contributed by atoms with Crippen LogP contribution in [0.3, 0.4) is 0 Å². The second kappa shape index (κ2) is 7.79. The zero-order valence-electron chi connectivity index (χ0n) is 15.9. The number of ether oxygens (including phenoxy) is 3. The van der Waals surface area contributed by atoms with Crippen LogP contribution >= 0.6 is 11.6 Å². The SMILES string of the molecule is Cc1nc2c(Cl)cc(C(=O)[C@H]3C[C@@H]3C(=O)OC(C)OC(=O)OC(C)C)cc2o1. The van der Waals surface area contributed by atoms with Gasteiger partial charge in [0.1, 0.15) is 5.52 Å². The van der Waals surface area contributed by atoms with Crippen LogP contribution in [0.5, 0.6) is 0 Å². The molecule has 28 heavy (non-hydrogen) atoms. The molecular weight excluding hydrogens is 390 g/mol. The van der Waals surface area contributed by atoms with E-state index in [0.29, 0.717) is 34.0 Å². The van der Waals surface area contributed by atoms with Crippen molar-refractivity contribution >= 4 is 40.6 Å². The Hall–Kier alpha value is -2.61. The Kier molecular flexibility index (Phi) is 5.60. The first-order valence-electron chi connectivity index (χ1n) is 8.84. The summed E-state index contributed by atoms with van der Waals surface area (Å²) in [6.07, 6.45) is -2.04. The van der Waals surface area contributed by atoms with Crippen molar-refractivity contribution in [3.05, 3.63) is 28.6 Å². The molecule has 9 heteroatoms. The second-order valence-electron chi connectivity index (χ2n) is 6.89. The standard InChI is InChI=1S/C19H20ClNO7/c1-8(2)25-19(24)28-10(4)27-18(23)13-7-12(13)17(22)11-5-14(20)16-15(6-11)26-9(3)21-16/h5-6,8,10,12-13H,7H2,1-4H3/t10?,12-,13-/m0/s1. The molecule has 3 atom stereocenters. The van der Waals surface area contributed by atoms with E-state index in [1.165, 1.54) is 13.0 Å². The van der Waals surface area contributed by atoms with Gasteiger partial charge in [-0.25, -0.2) is 9.78 Å². The van der Waals surface area contributed by atoms with Crippen molar-refractivity contribution in [1.29, 1.82) is 0 Å². The highest BCUT2D eigenvalue weighted by Gasteiger charge is 2.50. The molecule has 0 aliphatic heterocycles. The van der Waals surface area contributed by atoms with E-state index in [0.717, 1.165) is 0 Å². The Morgan fingerprint density at radius 2 is 1.86 bits per heavy atom. The number of fused-ring (bicyclic) bond motifs is 1. The van der Waals surface area contributed by atoms with Crippen LogP contribution in [0, 0.1) is 18.8 Å². The molecule has 150 valence electrons. The number of Topliss-reactive ketones (excluding diaryl/α,β-unsaturated/α-hetero) is 1. The van der Waals surface area contributed by atoms with Gasteiger partial charge in [-0.15, -0.1) is 0 Å². The number of rotatable bonds is 6. The molecule has 1 aliphatic carbocycles. The topological polar surface area (TPSA) is 105 Å². The molecule has 1 aliphatic rings. The predicted molar refractivity (Wildman–Crippen MR) is 97.9 cm³/mol. The Balaban J connectivity index is 1.59. The highest BCUT2D eigenvalue weighted by molar-refractivity contribution is 6.35. The molecule has 0 amide bonds. The Morgan fingerprint density at radius 1 is 1.14 bits per heavy atom. The summed E-state index contributed by atoms with van der Waals surface area (Å²) in [6, 6.07) is 3.08. The van der Waals surface area contributed by atoms with Gasteiger partial charge >= 0.3 is 12.1 Å². The number of aromatic nitrogens is 1. The zero-order chi connectivity index (χ0) is 20.6. The van der Waals surface area contributed by atoms with Crippen molar-refractivity contribution in [3.63, 3.8) is 0 Å². The maximum Gasteiger partial charge on any atom is 0.511 e. The molecule has 1 unspecified atom stereocenters. The average molecular weight is 410 g/mol. The van der Waals surface area contributed by atoms with Gasteiger partial charge in [0.25, 0.3) is 0 Å². The molecule has 0 radical (unpaired) electrons. The molecule has 3 rings (SSSR count). The van der Waals surface area contributed by atoms with Crippen molar-refractivity contribution in [2.24, 2.45) is 11.8 Å². The smallest absolute Gasteiger partial charge is 0.441 e. The number of oxazole rings is 1. The molecule has 0 saturated heterocycles. The maximum atomic E-state index is 12.7. The molecular formula is C19H20ClNO7. The minimum absolute atomic E-state index is 0.229. The normalized spacial score (nSPS) is 19.4. The Labute approximate surface area is 166 Å². The Morgan fingerprint density at radius 3 is 2.54 bits per heavy atom. The number of hydrogen-bond acceptors (Lipinski definition) is 8. The van der Waals surface area contributed by atoms with E-state index in [1.54, 1.807) is 26.8 Å². The summed E-state index contributed by atoms with van der Waals surface area (Å²) < 4.78 is 20.1. The van der Waals surface area contributed by atoms with Gasteiger partial charge in [-0.05, 0) is 32.4 Å². The van der Waals surface area contributed by atoms with Crippen molar-refractivity contribution in [3.8, 4) is 0 Å². The molecule has 0 bridgehead atoms. The minimum atomic E-state index is -1.11. The van der Waals surface area contributed by atoms with Crippen molar-refractivity contribution < 1.29 is 33.0 Å². The number of ketones is 1. The number of carbonyl (C=O) groups is 3. The molecule has 2 aromatic rings. The van der Waals surface area contributed by atoms with Gasteiger partial charge in [-0.1, -0.05) is 11.6 Å². The van der Waals surface area contributed by atoms with Crippen LogP contribution in [0.2, 0.25) is 5.02 Å². The minimum Gasteiger partial charge on any atom is -0.441 e. The summed E-state index contributed by atoms with van der Waals surface area (Å²) in [5.74, 6) is -1.50. The number of halogens is 1. The summed E-state index contributed by atoms with van der Waals surface area (Å²) in [5.41, 5.74) is 1.25. The van der Waals surface area contributed by atoms with Crippen LogP contribution in [-0.2, 0) is 19.0 Å². The predicted octanol–water partition coefficient (Wildman–Crippen LogP) is 4.06. The average Bonchev–Trinajstić information content (AvgIpc) is 3.28. The van der Waals surface area contributed by atoms with Crippen LogP contribution in [0.25, 0.3) is 11.1 Å². The van der Waals surface area contributed by atoms with Crippen LogP contribution in [-0.4, -0.2) is 35.3 Å².